The van der Waals surface area contributed by atoms with Crippen molar-refractivity contribution in [2.75, 3.05) is 4.90 Å². The Kier molecular flexibility index (Phi) is 3.80. The van der Waals surface area contributed by atoms with Crippen molar-refractivity contribution < 1.29 is 9.15 Å². The molecule has 0 amide bonds. The van der Waals surface area contributed by atoms with E-state index in [4.69, 9.17) is 9.15 Å². The van der Waals surface area contributed by atoms with Gasteiger partial charge in [0.25, 0.3) is 0 Å². The van der Waals surface area contributed by atoms with Gasteiger partial charge in [-0.25, -0.2) is 0 Å². The summed E-state index contributed by atoms with van der Waals surface area (Å²) in [5.74, 6) is 1.73. The Morgan fingerprint density at radius 3 is 2.29 bits per heavy atom. The average Bonchev–Trinajstić information content (AvgIpc) is 3.62. The van der Waals surface area contributed by atoms with Crippen molar-refractivity contribution >= 4 is 89.4 Å². The normalized spacial score (nSPS) is 13.9. The van der Waals surface area contributed by atoms with E-state index in [0.29, 0.717) is 0 Å². The zero-order chi connectivity index (χ0) is 29.0. The molecule has 45 heavy (non-hydrogen) atoms. The second-order valence-electron chi connectivity index (χ2n) is 12.4. The molecule has 7 aromatic carbocycles. The minimum Gasteiger partial charge on any atom is -0.456 e. The highest BCUT2D eigenvalue weighted by molar-refractivity contribution is 6.90. The fourth-order valence-electron chi connectivity index (χ4n) is 8.59. The third-order valence-electron chi connectivity index (χ3n) is 10.3. The Morgan fingerprint density at radius 2 is 1.33 bits per heavy atom. The lowest BCUT2D eigenvalue weighted by Crippen LogP contribution is -2.57. The van der Waals surface area contributed by atoms with Gasteiger partial charge >= 0.3 is 6.85 Å². The molecule has 206 valence electrons. The zero-order valence-electron chi connectivity index (χ0n) is 23.9. The van der Waals surface area contributed by atoms with Crippen LogP contribution in [-0.4, -0.2) is 11.3 Å². The lowest BCUT2D eigenvalue weighted by atomic mass is 9.44. The molecule has 0 unspecified atom stereocenters. The Bertz CT molecular complexity index is 2830. The number of nitrogens with zero attached hydrogens (tertiary/aromatic N) is 2. The third kappa shape index (κ3) is 2.56. The summed E-state index contributed by atoms with van der Waals surface area (Å²) in [4.78, 5) is 2.45. The standard InChI is InChI=1S/C40H21BN2O2/c1-2-10-23-20-31-27(19-22(23)9-1)24-12-7-13-25-28-21-35-36(26-11-3-5-16-32(26)44-35)40-37(28)41(43(31)38(24)25)29-14-8-18-34-39(29)42(40)30-15-4-6-17-33(30)45-34/h1-21H. The van der Waals surface area contributed by atoms with Crippen LogP contribution in [0.1, 0.15) is 0 Å². The van der Waals surface area contributed by atoms with E-state index in [1.165, 1.54) is 60.3 Å². The van der Waals surface area contributed by atoms with Crippen molar-refractivity contribution in [3.8, 4) is 22.6 Å². The molecule has 3 aliphatic heterocycles. The van der Waals surface area contributed by atoms with E-state index in [2.05, 4.69) is 131 Å². The van der Waals surface area contributed by atoms with E-state index < -0.39 is 0 Å². The minimum atomic E-state index is -0.0517. The summed E-state index contributed by atoms with van der Waals surface area (Å²) in [5.41, 5.74) is 12.7. The number of hydrogen-bond acceptors (Lipinski definition) is 3. The summed E-state index contributed by atoms with van der Waals surface area (Å²) in [6.45, 7) is -0.0517. The number of para-hydroxylation sites is 5. The predicted molar refractivity (Wildman–Crippen MR) is 185 cm³/mol. The zero-order valence-corrected chi connectivity index (χ0v) is 23.9. The molecule has 2 aromatic heterocycles. The molecule has 0 saturated carbocycles. The summed E-state index contributed by atoms with van der Waals surface area (Å²) in [6.07, 6.45) is 0. The number of ether oxygens (including phenoxy) is 1. The van der Waals surface area contributed by atoms with E-state index >= 15 is 0 Å². The molecule has 0 N–H and O–H groups in total. The molecular formula is C40H21BN2O2. The van der Waals surface area contributed by atoms with Crippen LogP contribution in [-0.2, 0) is 0 Å². The lowest BCUT2D eigenvalue weighted by Gasteiger charge is -2.43. The van der Waals surface area contributed by atoms with Crippen LogP contribution >= 0.6 is 0 Å². The number of aromatic nitrogens is 1. The first kappa shape index (κ1) is 22.6. The molecule has 0 atom stereocenters. The molecule has 0 bridgehead atoms. The second-order valence-corrected chi connectivity index (χ2v) is 12.4. The van der Waals surface area contributed by atoms with E-state index in [9.17, 15) is 0 Å². The molecule has 5 heterocycles. The summed E-state index contributed by atoms with van der Waals surface area (Å²) < 4.78 is 15.9. The Morgan fingerprint density at radius 1 is 0.556 bits per heavy atom. The SMILES string of the molecule is c1ccc2c(c1)Oc1cccc3c1N2c1c2c(cc4oc5ccccc5c14)-c1cccc4c5cc6ccccc6cc5n(c14)B32. The maximum absolute atomic E-state index is 6.67. The number of anilines is 3. The monoisotopic (exact) mass is 572 g/mol. The van der Waals surface area contributed by atoms with E-state index in [0.717, 1.165) is 44.8 Å². The minimum absolute atomic E-state index is 0.0517. The number of rotatable bonds is 0. The summed E-state index contributed by atoms with van der Waals surface area (Å²) in [7, 11) is 0. The lowest BCUT2D eigenvalue weighted by molar-refractivity contribution is 0.477. The highest BCUT2D eigenvalue weighted by atomic mass is 16.5. The van der Waals surface area contributed by atoms with Gasteiger partial charge in [0.05, 0.1) is 22.4 Å². The predicted octanol–water partition coefficient (Wildman–Crippen LogP) is 9.37. The van der Waals surface area contributed by atoms with Crippen LogP contribution in [0, 0.1) is 0 Å². The van der Waals surface area contributed by atoms with Crippen LogP contribution in [0.4, 0.5) is 17.1 Å². The van der Waals surface area contributed by atoms with Gasteiger partial charge in [0.2, 0.25) is 0 Å². The molecule has 0 saturated heterocycles. The highest BCUT2D eigenvalue weighted by Crippen LogP contribution is 2.55. The average molecular weight is 572 g/mol. The van der Waals surface area contributed by atoms with E-state index in [1.54, 1.807) is 0 Å². The van der Waals surface area contributed by atoms with Crippen LogP contribution in [0.15, 0.2) is 132 Å². The smallest absolute Gasteiger partial charge is 0.333 e. The van der Waals surface area contributed by atoms with E-state index in [-0.39, 0.29) is 6.85 Å². The first-order valence-corrected chi connectivity index (χ1v) is 15.5. The maximum atomic E-state index is 6.67. The first-order valence-electron chi connectivity index (χ1n) is 15.5. The third-order valence-corrected chi connectivity index (χ3v) is 10.3. The molecule has 0 spiro atoms. The maximum Gasteiger partial charge on any atom is 0.333 e. The Hall–Kier alpha value is -5.94. The summed E-state index contributed by atoms with van der Waals surface area (Å²) in [5, 5.41) is 7.33. The fourth-order valence-corrected chi connectivity index (χ4v) is 8.59. The Labute approximate surface area is 257 Å². The van der Waals surface area contributed by atoms with Crippen molar-refractivity contribution in [1.82, 2.24) is 4.48 Å². The van der Waals surface area contributed by atoms with Crippen LogP contribution in [0.3, 0.4) is 0 Å². The van der Waals surface area contributed by atoms with Crippen LogP contribution in [0.5, 0.6) is 11.5 Å². The Balaban J connectivity index is 1.35. The van der Waals surface area contributed by atoms with Gasteiger partial charge in [-0.1, -0.05) is 84.9 Å². The quantitative estimate of drug-likeness (QED) is 0.170. The highest BCUT2D eigenvalue weighted by Gasteiger charge is 2.46. The van der Waals surface area contributed by atoms with Crippen LogP contribution < -0.4 is 20.6 Å². The van der Waals surface area contributed by atoms with Gasteiger partial charge < -0.3 is 18.5 Å². The van der Waals surface area contributed by atoms with Gasteiger partial charge in [-0.05, 0) is 69.7 Å². The fraction of sp³-hybridized carbons (Fsp3) is 0. The molecule has 4 nitrogen and oxygen atoms in total. The van der Waals surface area contributed by atoms with Crippen LogP contribution in [0.25, 0.3) is 65.6 Å². The molecule has 5 heteroatoms. The van der Waals surface area contributed by atoms with Crippen molar-refractivity contribution in [2.45, 2.75) is 0 Å². The molecule has 0 fully saturated rings. The van der Waals surface area contributed by atoms with Crippen molar-refractivity contribution in [1.29, 1.82) is 0 Å². The van der Waals surface area contributed by atoms with Gasteiger partial charge in [0.15, 0.2) is 11.5 Å². The van der Waals surface area contributed by atoms with Gasteiger partial charge in [-0.15, -0.1) is 0 Å². The van der Waals surface area contributed by atoms with Gasteiger partial charge in [-0.2, -0.15) is 0 Å². The van der Waals surface area contributed by atoms with Gasteiger partial charge in [0.1, 0.15) is 11.2 Å². The number of furan rings is 1. The van der Waals surface area contributed by atoms with Crippen molar-refractivity contribution in [3.05, 3.63) is 127 Å². The number of benzene rings is 7. The number of hydrogen-bond donors (Lipinski definition) is 0. The number of fused-ring (bicyclic) bond motifs is 14. The van der Waals surface area contributed by atoms with Crippen LogP contribution in [0.2, 0.25) is 0 Å². The van der Waals surface area contributed by atoms with Crippen molar-refractivity contribution in [3.63, 3.8) is 0 Å². The van der Waals surface area contributed by atoms with E-state index in [1.807, 2.05) is 6.07 Å². The largest absolute Gasteiger partial charge is 0.456 e. The molecule has 12 rings (SSSR count). The molecule has 9 aromatic rings. The second kappa shape index (κ2) is 7.58. The topological polar surface area (TPSA) is 30.5 Å². The first-order chi connectivity index (χ1) is 22.3. The van der Waals surface area contributed by atoms with Gasteiger partial charge in [0, 0.05) is 32.8 Å². The molecule has 0 radical (unpaired) electrons. The molecule has 3 aliphatic rings. The van der Waals surface area contributed by atoms with Gasteiger partial charge in [-0.3, -0.25) is 0 Å². The molecular weight excluding hydrogens is 551 g/mol. The summed E-state index contributed by atoms with van der Waals surface area (Å²) >= 11 is 0. The molecule has 0 aliphatic carbocycles. The van der Waals surface area contributed by atoms with Crippen molar-refractivity contribution in [2.24, 2.45) is 0 Å². The summed E-state index contributed by atoms with van der Waals surface area (Å²) in [6, 6.07) is 45.9.